The fraction of sp³-hybridized carbons (Fsp3) is 0.0526. The van der Waals surface area contributed by atoms with Gasteiger partial charge in [0, 0.05) is 31.5 Å². The first-order valence-electron chi connectivity index (χ1n) is 7.05. The predicted octanol–water partition coefficient (Wildman–Crippen LogP) is 6.11. The molecule has 0 aliphatic carbocycles. The van der Waals surface area contributed by atoms with E-state index in [0.717, 1.165) is 11.4 Å². The number of anilines is 2. The minimum Gasteiger partial charge on any atom is -0.355 e. The Morgan fingerprint density at radius 3 is 2.48 bits per heavy atom. The van der Waals surface area contributed by atoms with Crippen molar-refractivity contribution in [1.29, 1.82) is 0 Å². The Labute approximate surface area is 127 Å². The van der Waals surface area contributed by atoms with Crippen molar-refractivity contribution < 1.29 is 0 Å². The first kappa shape index (κ1) is 12.4. The number of aryl methyl sites for hydroxylation is 1. The maximum absolute atomic E-state index is 3.46. The first-order chi connectivity index (χ1) is 10.3. The summed E-state index contributed by atoms with van der Waals surface area (Å²) in [5, 5.41) is 6.21. The van der Waals surface area contributed by atoms with E-state index in [2.05, 4.69) is 60.8 Å². The van der Waals surface area contributed by atoms with E-state index in [4.69, 9.17) is 0 Å². The molecule has 4 aromatic rings. The fourth-order valence-corrected chi connectivity index (χ4v) is 3.99. The van der Waals surface area contributed by atoms with Gasteiger partial charge in [0.1, 0.15) is 0 Å². The van der Waals surface area contributed by atoms with Gasteiger partial charge in [0.05, 0.1) is 0 Å². The van der Waals surface area contributed by atoms with Crippen LogP contribution in [0.25, 0.3) is 20.2 Å². The third-order valence-corrected chi connectivity index (χ3v) is 4.89. The van der Waals surface area contributed by atoms with E-state index >= 15 is 0 Å². The Kier molecular flexibility index (Phi) is 2.90. The van der Waals surface area contributed by atoms with Crippen LogP contribution in [0.15, 0.2) is 66.7 Å². The summed E-state index contributed by atoms with van der Waals surface area (Å²) in [6.07, 6.45) is 0. The second-order valence-corrected chi connectivity index (χ2v) is 6.34. The van der Waals surface area contributed by atoms with Crippen molar-refractivity contribution >= 4 is 42.9 Å². The summed E-state index contributed by atoms with van der Waals surface area (Å²) in [5.74, 6) is 0. The van der Waals surface area contributed by atoms with Crippen LogP contribution >= 0.6 is 11.3 Å². The van der Waals surface area contributed by atoms with Crippen LogP contribution in [-0.4, -0.2) is 0 Å². The molecule has 1 N–H and O–H groups in total. The van der Waals surface area contributed by atoms with E-state index in [1.165, 1.54) is 25.7 Å². The number of fused-ring (bicyclic) bond motifs is 3. The van der Waals surface area contributed by atoms with E-state index in [1.54, 1.807) is 0 Å². The number of thiophene rings is 1. The number of benzene rings is 3. The minimum absolute atomic E-state index is 1.12. The summed E-state index contributed by atoms with van der Waals surface area (Å²) in [7, 11) is 0. The normalized spacial score (nSPS) is 11.1. The lowest BCUT2D eigenvalue weighted by molar-refractivity contribution is 1.55. The molecule has 0 aliphatic heterocycles. The fourth-order valence-electron chi connectivity index (χ4n) is 2.77. The molecule has 0 aliphatic rings. The van der Waals surface area contributed by atoms with Crippen molar-refractivity contribution in [3.63, 3.8) is 0 Å². The molecule has 1 nitrogen and oxygen atoms in total. The summed E-state index contributed by atoms with van der Waals surface area (Å²) in [5.41, 5.74) is 3.61. The van der Waals surface area contributed by atoms with E-state index in [1.807, 2.05) is 29.5 Å². The van der Waals surface area contributed by atoms with Gasteiger partial charge < -0.3 is 5.32 Å². The van der Waals surface area contributed by atoms with E-state index in [-0.39, 0.29) is 0 Å². The first-order valence-corrected chi connectivity index (χ1v) is 7.87. The van der Waals surface area contributed by atoms with Crippen LogP contribution in [0.1, 0.15) is 5.56 Å². The molecule has 0 bridgehead atoms. The Bertz CT molecular complexity index is 922. The molecule has 1 aromatic heterocycles. The summed E-state index contributed by atoms with van der Waals surface area (Å²) in [4.78, 5) is 0. The van der Waals surface area contributed by atoms with Gasteiger partial charge in [-0.1, -0.05) is 36.4 Å². The Morgan fingerprint density at radius 1 is 0.762 bits per heavy atom. The van der Waals surface area contributed by atoms with Crippen molar-refractivity contribution in [3.8, 4) is 0 Å². The largest absolute Gasteiger partial charge is 0.355 e. The van der Waals surface area contributed by atoms with Crippen LogP contribution in [0.3, 0.4) is 0 Å². The molecular weight excluding hydrogens is 274 g/mol. The summed E-state index contributed by atoms with van der Waals surface area (Å²) in [6.45, 7) is 2.19. The average Bonchev–Trinajstić information content (AvgIpc) is 2.87. The molecule has 0 radical (unpaired) electrons. The Balaban J connectivity index is 1.83. The quantitative estimate of drug-likeness (QED) is 0.469. The number of rotatable bonds is 2. The third kappa shape index (κ3) is 2.18. The standard InChI is InChI=1S/C19H15NS/c1-13-6-5-9-17-19(13)16-11-10-15(12-18(16)21-17)20-14-7-3-2-4-8-14/h2-12,20H,1H3. The molecule has 102 valence electrons. The Morgan fingerprint density at radius 2 is 1.62 bits per heavy atom. The lowest BCUT2D eigenvalue weighted by Crippen LogP contribution is -1.88. The maximum atomic E-state index is 3.46. The monoisotopic (exact) mass is 289 g/mol. The second kappa shape index (κ2) is 4.90. The zero-order chi connectivity index (χ0) is 14.2. The molecule has 3 aromatic carbocycles. The van der Waals surface area contributed by atoms with Crippen molar-refractivity contribution in [2.75, 3.05) is 5.32 Å². The van der Waals surface area contributed by atoms with Gasteiger partial charge in [0.2, 0.25) is 0 Å². The summed E-state index contributed by atoms with van der Waals surface area (Å²) >= 11 is 1.86. The van der Waals surface area contributed by atoms with Gasteiger partial charge >= 0.3 is 0 Å². The van der Waals surface area contributed by atoms with Gasteiger partial charge in [-0.05, 0) is 42.8 Å². The average molecular weight is 289 g/mol. The van der Waals surface area contributed by atoms with Crippen LogP contribution in [0.2, 0.25) is 0 Å². The van der Waals surface area contributed by atoms with Crippen molar-refractivity contribution in [2.24, 2.45) is 0 Å². The highest BCUT2D eigenvalue weighted by atomic mass is 32.1. The van der Waals surface area contributed by atoms with Gasteiger partial charge in [-0.2, -0.15) is 0 Å². The van der Waals surface area contributed by atoms with Crippen LogP contribution in [-0.2, 0) is 0 Å². The Hall–Kier alpha value is -2.32. The molecule has 0 atom stereocenters. The molecule has 0 fully saturated rings. The predicted molar refractivity (Wildman–Crippen MR) is 93.8 cm³/mol. The molecule has 0 amide bonds. The van der Waals surface area contributed by atoms with Crippen LogP contribution < -0.4 is 5.32 Å². The molecule has 0 saturated heterocycles. The number of hydrogen-bond donors (Lipinski definition) is 1. The second-order valence-electron chi connectivity index (χ2n) is 5.25. The van der Waals surface area contributed by atoms with E-state index < -0.39 is 0 Å². The number of hydrogen-bond acceptors (Lipinski definition) is 2. The SMILES string of the molecule is Cc1cccc2sc3cc(Nc4ccccc4)ccc3c12. The molecule has 2 heteroatoms. The molecule has 4 rings (SSSR count). The highest BCUT2D eigenvalue weighted by Gasteiger charge is 2.07. The summed E-state index contributed by atoms with van der Waals surface area (Å²) < 4.78 is 2.70. The number of nitrogens with one attached hydrogen (secondary N) is 1. The lowest BCUT2D eigenvalue weighted by atomic mass is 10.1. The van der Waals surface area contributed by atoms with Gasteiger partial charge in [-0.25, -0.2) is 0 Å². The highest BCUT2D eigenvalue weighted by molar-refractivity contribution is 7.25. The highest BCUT2D eigenvalue weighted by Crippen LogP contribution is 2.37. The van der Waals surface area contributed by atoms with Crippen molar-refractivity contribution in [1.82, 2.24) is 0 Å². The molecule has 0 saturated carbocycles. The molecule has 21 heavy (non-hydrogen) atoms. The van der Waals surface area contributed by atoms with E-state index in [9.17, 15) is 0 Å². The molecule has 0 unspecified atom stereocenters. The zero-order valence-corrected chi connectivity index (χ0v) is 12.6. The summed E-state index contributed by atoms with van der Waals surface area (Å²) in [6, 6.07) is 23.4. The van der Waals surface area contributed by atoms with Gasteiger partial charge in [-0.3, -0.25) is 0 Å². The molecule has 1 heterocycles. The van der Waals surface area contributed by atoms with Gasteiger partial charge in [0.25, 0.3) is 0 Å². The van der Waals surface area contributed by atoms with E-state index in [0.29, 0.717) is 0 Å². The van der Waals surface area contributed by atoms with Crippen LogP contribution in [0.5, 0.6) is 0 Å². The lowest BCUT2D eigenvalue weighted by Gasteiger charge is -2.06. The van der Waals surface area contributed by atoms with Crippen LogP contribution in [0.4, 0.5) is 11.4 Å². The minimum atomic E-state index is 1.12. The maximum Gasteiger partial charge on any atom is 0.0398 e. The molecule has 0 spiro atoms. The third-order valence-electron chi connectivity index (χ3n) is 3.77. The smallest absolute Gasteiger partial charge is 0.0398 e. The van der Waals surface area contributed by atoms with Crippen molar-refractivity contribution in [2.45, 2.75) is 6.92 Å². The van der Waals surface area contributed by atoms with Crippen LogP contribution in [0, 0.1) is 6.92 Å². The van der Waals surface area contributed by atoms with Crippen molar-refractivity contribution in [3.05, 3.63) is 72.3 Å². The topological polar surface area (TPSA) is 12.0 Å². The molecular formula is C19H15NS. The van der Waals surface area contributed by atoms with Gasteiger partial charge in [0.15, 0.2) is 0 Å². The van der Waals surface area contributed by atoms with Gasteiger partial charge in [-0.15, -0.1) is 11.3 Å². The number of para-hydroxylation sites is 1. The zero-order valence-electron chi connectivity index (χ0n) is 11.8.